The van der Waals surface area contributed by atoms with Crippen LogP contribution in [0.3, 0.4) is 0 Å². The smallest absolute Gasteiger partial charge is 0.0757 e. The molecule has 0 amide bonds. The van der Waals surface area contributed by atoms with Gasteiger partial charge >= 0.3 is 0 Å². The molecular weight excluding hydrogens is 369 g/mol. The van der Waals surface area contributed by atoms with Gasteiger partial charge in [-0.2, -0.15) is 0 Å². The van der Waals surface area contributed by atoms with Crippen LogP contribution in [0, 0.1) is 8.80 Å². The van der Waals surface area contributed by atoms with E-state index < -0.39 is 0 Å². The van der Waals surface area contributed by atoms with Crippen LogP contribution in [0.4, 0.5) is 0 Å². The van der Waals surface area contributed by atoms with E-state index in [1.165, 1.54) is 41.4 Å². The van der Waals surface area contributed by atoms with Crippen molar-refractivity contribution >= 4 is 33.9 Å². The Morgan fingerprint density at radius 2 is 2.16 bits per heavy atom. The van der Waals surface area contributed by atoms with Crippen LogP contribution in [-0.2, 0) is 11.2 Å². The number of ether oxygens (including phenoxy) is 1. The average Bonchev–Trinajstić information content (AvgIpc) is 3.01. The van der Waals surface area contributed by atoms with Crippen LogP contribution in [0.5, 0.6) is 0 Å². The summed E-state index contributed by atoms with van der Waals surface area (Å²) in [6.07, 6.45) is 8.40. The third-order valence-corrected chi connectivity index (χ3v) is 6.69. The van der Waals surface area contributed by atoms with Gasteiger partial charge in [-0.1, -0.05) is 0 Å². The molecule has 1 aromatic rings. The average molecular weight is 389 g/mol. The lowest BCUT2D eigenvalue weighted by molar-refractivity contribution is 0.0783. The van der Waals surface area contributed by atoms with E-state index in [-0.39, 0.29) is 0 Å². The van der Waals surface area contributed by atoms with Gasteiger partial charge in [0.25, 0.3) is 0 Å². The first-order valence-corrected chi connectivity index (χ1v) is 9.36. The van der Waals surface area contributed by atoms with Crippen LogP contribution < -0.4 is 5.32 Å². The van der Waals surface area contributed by atoms with Gasteiger partial charge in [0.15, 0.2) is 0 Å². The van der Waals surface area contributed by atoms with Crippen molar-refractivity contribution in [3.8, 4) is 0 Å². The SMILES string of the molecule is Ic1cc2c(s1)CCCC2NC1CCOC1C1CC1. The van der Waals surface area contributed by atoms with Gasteiger partial charge in [0.2, 0.25) is 0 Å². The van der Waals surface area contributed by atoms with Crippen LogP contribution in [0.15, 0.2) is 6.07 Å². The minimum absolute atomic E-state index is 0.503. The molecule has 3 unspecified atom stereocenters. The third kappa shape index (κ3) is 2.61. The maximum absolute atomic E-state index is 5.96. The number of thiophene rings is 1. The topological polar surface area (TPSA) is 21.3 Å². The Balaban J connectivity index is 1.50. The Kier molecular flexibility index (Phi) is 3.62. The van der Waals surface area contributed by atoms with Gasteiger partial charge in [-0.05, 0) is 78.7 Å². The minimum atomic E-state index is 0.503. The van der Waals surface area contributed by atoms with E-state index in [1.807, 2.05) is 11.3 Å². The van der Waals surface area contributed by atoms with Crippen molar-refractivity contribution in [1.82, 2.24) is 5.32 Å². The summed E-state index contributed by atoms with van der Waals surface area (Å²) < 4.78 is 7.41. The number of rotatable bonds is 3. The molecule has 0 bridgehead atoms. The molecule has 2 heterocycles. The summed E-state index contributed by atoms with van der Waals surface area (Å²) in [5.41, 5.74) is 1.59. The maximum atomic E-state index is 5.96. The van der Waals surface area contributed by atoms with E-state index in [1.54, 1.807) is 10.4 Å². The fourth-order valence-corrected chi connectivity index (χ4v) is 5.75. The second kappa shape index (κ2) is 5.28. The van der Waals surface area contributed by atoms with Crippen LogP contribution in [0.25, 0.3) is 0 Å². The Bertz CT molecular complexity index is 471. The van der Waals surface area contributed by atoms with Gasteiger partial charge in [-0.3, -0.25) is 0 Å². The molecule has 2 fully saturated rings. The zero-order valence-corrected chi connectivity index (χ0v) is 14.0. The van der Waals surface area contributed by atoms with E-state index in [0.29, 0.717) is 18.2 Å². The Morgan fingerprint density at radius 1 is 1.26 bits per heavy atom. The van der Waals surface area contributed by atoms with Gasteiger partial charge in [-0.25, -0.2) is 0 Å². The number of aryl methyl sites for hydroxylation is 1. The molecule has 19 heavy (non-hydrogen) atoms. The molecule has 104 valence electrons. The molecule has 1 N–H and O–H groups in total. The molecule has 1 aliphatic heterocycles. The summed E-state index contributed by atoms with van der Waals surface area (Å²) in [6, 6.07) is 3.58. The molecule has 4 rings (SSSR count). The molecule has 0 aromatic carbocycles. The summed E-state index contributed by atoms with van der Waals surface area (Å²) in [7, 11) is 0. The number of fused-ring (bicyclic) bond motifs is 1. The van der Waals surface area contributed by atoms with Gasteiger partial charge < -0.3 is 10.1 Å². The zero-order chi connectivity index (χ0) is 12.8. The predicted molar refractivity (Wildman–Crippen MR) is 86.7 cm³/mol. The highest BCUT2D eigenvalue weighted by atomic mass is 127. The summed E-state index contributed by atoms with van der Waals surface area (Å²) in [5.74, 6) is 0.852. The maximum Gasteiger partial charge on any atom is 0.0757 e. The highest BCUT2D eigenvalue weighted by Gasteiger charge is 2.41. The van der Waals surface area contributed by atoms with Gasteiger partial charge in [0.05, 0.1) is 8.99 Å². The van der Waals surface area contributed by atoms with Crippen molar-refractivity contribution in [3.05, 3.63) is 19.4 Å². The Morgan fingerprint density at radius 3 is 3.00 bits per heavy atom. The van der Waals surface area contributed by atoms with Crippen LogP contribution >= 0.6 is 33.9 Å². The monoisotopic (exact) mass is 389 g/mol. The van der Waals surface area contributed by atoms with E-state index >= 15 is 0 Å². The molecule has 0 spiro atoms. The largest absolute Gasteiger partial charge is 0.376 e. The van der Waals surface area contributed by atoms with Crippen molar-refractivity contribution < 1.29 is 4.74 Å². The Hall–Kier alpha value is 0.350. The van der Waals surface area contributed by atoms with Gasteiger partial charge in [0.1, 0.15) is 0 Å². The molecular formula is C15H20INOS. The summed E-state index contributed by atoms with van der Waals surface area (Å²) in [4.78, 5) is 1.62. The van der Waals surface area contributed by atoms with Crippen molar-refractivity contribution in [3.63, 3.8) is 0 Å². The third-order valence-electron chi connectivity index (χ3n) is 4.72. The highest BCUT2D eigenvalue weighted by molar-refractivity contribution is 14.1. The Labute approximate surface area is 132 Å². The predicted octanol–water partition coefficient (Wildman–Crippen LogP) is 3.89. The number of hydrogen-bond acceptors (Lipinski definition) is 3. The molecule has 2 aliphatic carbocycles. The fourth-order valence-electron chi connectivity index (χ4n) is 3.63. The molecule has 1 saturated heterocycles. The molecule has 1 saturated carbocycles. The second-order valence-electron chi connectivity index (χ2n) is 6.11. The number of nitrogens with one attached hydrogen (secondary N) is 1. The summed E-state index contributed by atoms with van der Waals surface area (Å²) >= 11 is 4.45. The first-order valence-electron chi connectivity index (χ1n) is 7.47. The van der Waals surface area contributed by atoms with Crippen LogP contribution in [0.2, 0.25) is 0 Å². The lowest BCUT2D eigenvalue weighted by atomic mass is 9.92. The first kappa shape index (κ1) is 13.0. The zero-order valence-electron chi connectivity index (χ0n) is 11.0. The van der Waals surface area contributed by atoms with Crippen LogP contribution in [0.1, 0.15) is 48.6 Å². The molecule has 0 radical (unpaired) electrons. The number of hydrogen-bond donors (Lipinski definition) is 1. The second-order valence-corrected chi connectivity index (χ2v) is 9.14. The quantitative estimate of drug-likeness (QED) is 0.793. The molecule has 3 atom stereocenters. The van der Waals surface area contributed by atoms with E-state index in [9.17, 15) is 0 Å². The summed E-state index contributed by atoms with van der Waals surface area (Å²) in [5, 5.41) is 3.94. The van der Waals surface area contributed by atoms with Crippen LogP contribution in [-0.4, -0.2) is 18.8 Å². The number of halogens is 1. The van der Waals surface area contributed by atoms with Crippen molar-refractivity contribution in [1.29, 1.82) is 0 Å². The van der Waals surface area contributed by atoms with E-state index in [2.05, 4.69) is 34.0 Å². The lowest BCUT2D eigenvalue weighted by Gasteiger charge is -2.29. The summed E-state index contributed by atoms with van der Waals surface area (Å²) in [6.45, 7) is 0.958. The minimum Gasteiger partial charge on any atom is -0.376 e. The molecule has 3 aliphatic rings. The van der Waals surface area contributed by atoms with Crippen molar-refractivity contribution in [2.45, 2.75) is 56.7 Å². The van der Waals surface area contributed by atoms with Crippen molar-refractivity contribution in [2.75, 3.05) is 6.61 Å². The highest BCUT2D eigenvalue weighted by Crippen LogP contribution is 2.41. The van der Waals surface area contributed by atoms with E-state index in [4.69, 9.17) is 4.74 Å². The molecule has 4 heteroatoms. The van der Waals surface area contributed by atoms with Crippen molar-refractivity contribution in [2.24, 2.45) is 5.92 Å². The standard InChI is InChI=1S/C15H20INOS/c16-14-8-10-11(2-1-3-13(10)19-14)17-12-6-7-18-15(12)9-4-5-9/h8-9,11-12,15,17H,1-7H2. The normalized spacial score (nSPS) is 34.5. The lowest BCUT2D eigenvalue weighted by Crippen LogP contribution is -2.40. The fraction of sp³-hybridized carbons (Fsp3) is 0.733. The van der Waals surface area contributed by atoms with Gasteiger partial charge in [-0.15, -0.1) is 11.3 Å². The molecule has 1 aromatic heterocycles. The molecule has 2 nitrogen and oxygen atoms in total. The van der Waals surface area contributed by atoms with E-state index in [0.717, 1.165) is 12.5 Å². The van der Waals surface area contributed by atoms with Gasteiger partial charge in [0, 0.05) is 23.6 Å². The first-order chi connectivity index (χ1) is 9.31.